The zero-order valence-corrected chi connectivity index (χ0v) is 17.5. The molecular weight excluding hydrogens is 415 g/mol. The molecule has 1 aliphatic heterocycles. The van der Waals surface area contributed by atoms with Gasteiger partial charge >= 0.3 is 0 Å². The molecule has 0 unspecified atom stereocenters. The number of amides is 1. The lowest BCUT2D eigenvalue weighted by molar-refractivity contribution is -0.0940. The quantitative estimate of drug-likeness (QED) is 0.455. The van der Waals surface area contributed by atoms with Gasteiger partial charge in [-0.15, -0.1) is 0 Å². The molecule has 2 aromatic rings. The van der Waals surface area contributed by atoms with E-state index >= 15 is 0 Å². The van der Waals surface area contributed by atoms with Gasteiger partial charge in [0.1, 0.15) is 0 Å². The average Bonchev–Trinajstić information content (AvgIpc) is 2.97. The molecule has 3 N–H and O–H groups in total. The Bertz CT molecular complexity index is 866. The highest BCUT2D eigenvalue weighted by Gasteiger charge is 2.47. The Morgan fingerprint density at radius 3 is 2.55 bits per heavy atom. The van der Waals surface area contributed by atoms with Crippen LogP contribution < -0.4 is 5.32 Å². The summed E-state index contributed by atoms with van der Waals surface area (Å²) in [4.78, 5) is 12.5. The van der Waals surface area contributed by atoms with Crippen molar-refractivity contribution in [2.24, 2.45) is 5.41 Å². The minimum atomic E-state index is -0.866. The predicted molar refractivity (Wildman–Crippen MR) is 111 cm³/mol. The maximum absolute atomic E-state index is 12.5. The van der Waals surface area contributed by atoms with Crippen LogP contribution in [0.2, 0.25) is 10.0 Å². The first-order valence-electron chi connectivity index (χ1n) is 9.31. The van der Waals surface area contributed by atoms with Crippen LogP contribution in [0.3, 0.4) is 0 Å². The molecule has 1 saturated heterocycles. The summed E-state index contributed by atoms with van der Waals surface area (Å²) in [5.41, 5.74) is 0.338. The van der Waals surface area contributed by atoms with Gasteiger partial charge in [0.2, 0.25) is 0 Å². The minimum Gasteiger partial charge on any atom is -0.390 e. The smallest absolute Gasteiger partial charge is 0.278 e. The van der Waals surface area contributed by atoms with Crippen LogP contribution in [0.1, 0.15) is 22.8 Å². The zero-order valence-electron chi connectivity index (χ0n) is 16.0. The maximum Gasteiger partial charge on any atom is 0.278 e. The Balaban J connectivity index is 1.56. The Labute approximate surface area is 180 Å². The van der Waals surface area contributed by atoms with E-state index in [0.29, 0.717) is 23.2 Å². The molecule has 1 heterocycles. The summed E-state index contributed by atoms with van der Waals surface area (Å²) in [7, 11) is 0. The maximum atomic E-state index is 12.5. The van der Waals surface area contributed by atoms with Crippen molar-refractivity contribution in [1.29, 1.82) is 0 Å². The van der Waals surface area contributed by atoms with Crippen molar-refractivity contribution < 1.29 is 19.8 Å². The number of halogens is 2. The summed E-state index contributed by atoms with van der Waals surface area (Å²) in [5.74, 6) is -0.621. The second-order valence-electron chi connectivity index (χ2n) is 7.51. The van der Waals surface area contributed by atoms with Gasteiger partial charge in [-0.3, -0.25) is 10.0 Å². The van der Waals surface area contributed by atoms with Crippen molar-refractivity contribution >= 4 is 29.1 Å². The number of hydrogen-bond donors (Lipinski definition) is 3. The lowest BCUT2D eigenvalue weighted by Crippen LogP contribution is -2.47. The third kappa shape index (κ3) is 5.09. The van der Waals surface area contributed by atoms with E-state index in [2.05, 4.69) is 5.32 Å². The number of carbonyl (C=O) groups excluding carboxylic acids is 1. The molecule has 0 aromatic heterocycles. The molecule has 1 fully saturated rings. The molecule has 0 radical (unpaired) electrons. The van der Waals surface area contributed by atoms with Crippen molar-refractivity contribution in [3.8, 4) is 0 Å². The molecule has 3 atom stereocenters. The molecule has 1 amide bonds. The van der Waals surface area contributed by atoms with Gasteiger partial charge < -0.3 is 15.2 Å². The van der Waals surface area contributed by atoms with E-state index in [1.54, 1.807) is 31.2 Å². The van der Waals surface area contributed by atoms with Gasteiger partial charge in [0, 0.05) is 23.5 Å². The topological polar surface area (TPSA) is 82.0 Å². The number of rotatable bonds is 7. The normalized spacial score (nSPS) is 23.9. The molecule has 2 aromatic carbocycles. The predicted octanol–water partition coefficient (Wildman–Crippen LogP) is 3.38. The van der Waals surface area contributed by atoms with E-state index in [-0.39, 0.29) is 23.7 Å². The Morgan fingerprint density at radius 2 is 1.86 bits per heavy atom. The fourth-order valence-corrected chi connectivity index (χ4v) is 3.83. The van der Waals surface area contributed by atoms with Gasteiger partial charge in [-0.25, -0.2) is 5.06 Å². The Morgan fingerprint density at radius 1 is 1.21 bits per heavy atom. The Kier molecular flexibility index (Phi) is 7.16. The third-order valence-corrected chi connectivity index (χ3v) is 5.86. The standard InChI is InChI=1S/C21H24Cl2N2O4/c1-21(12-25(28)20(27)15-7-3-5-9-17(15)23)13-29-18(19(21)26)11-24-10-14-6-2-4-8-16(14)22/h2-9,18-19,24,26,28H,10-13H2,1H3/t18-,19-,21-/m1/s1. The van der Waals surface area contributed by atoms with Gasteiger partial charge in [0.05, 0.1) is 35.9 Å². The molecule has 0 saturated carbocycles. The minimum absolute atomic E-state index is 0.0841. The molecule has 6 nitrogen and oxygen atoms in total. The van der Waals surface area contributed by atoms with Crippen molar-refractivity contribution in [2.75, 3.05) is 19.7 Å². The highest BCUT2D eigenvalue weighted by molar-refractivity contribution is 6.33. The first-order valence-corrected chi connectivity index (χ1v) is 10.1. The largest absolute Gasteiger partial charge is 0.390 e. The first kappa shape index (κ1) is 22.0. The van der Waals surface area contributed by atoms with Crippen LogP contribution in [0, 0.1) is 5.41 Å². The number of hydroxylamine groups is 2. The van der Waals surface area contributed by atoms with E-state index in [9.17, 15) is 15.1 Å². The van der Waals surface area contributed by atoms with E-state index in [1.165, 1.54) is 0 Å². The SMILES string of the molecule is C[C@@]1(CN(O)C(=O)c2ccccc2Cl)CO[C@H](CNCc2ccccc2Cl)[C@H]1O. The van der Waals surface area contributed by atoms with Gasteiger partial charge in [0.15, 0.2) is 0 Å². The van der Waals surface area contributed by atoms with E-state index in [0.717, 1.165) is 5.56 Å². The highest BCUT2D eigenvalue weighted by Crippen LogP contribution is 2.34. The van der Waals surface area contributed by atoms with Gasteiger partial charge in [-0.2, -0.15) is 0 Å². The van der Waals surface area contributed by atoms with Crippen LogP contribution in [0.25, 0.3) is 0 Å². The van der Waals surface area contributed by atoms with Crippen LogP contribution in [0.5, 0.6) is 0 Å². The van der Waals surface area contributed by atoms with Crippen LogP contribution in [0.4, 0.5) is 0 Å². The lowest BCUT2D eigenvalue weighted by Gasteiger charge is -2.31. The molecule has 156 valence electrons. The number of carbonyl (C=O) groups is 1. The second-order valence-corrected chi connectivity index (χ2v) is 8.33. The fraction of sp³-hybridized carbons (Fsp3) is 0.381. The van der Waals surface area contributed by atoms with E-state index in [4.69, 9.17) is 27.9 Å². The molecule has 3 rings (SSSR count). The number of nitrogens with zero attached hydrogens (tertiary/aromatic N) is 1. The summed E-state index contributed by atoms with van der Waals surface area (Å²) < 4.78 is 5.74. The zero-order chi connectivity index (χ0) is 21.0. The molecule has 0 spiro atoms. The van der Waals surface area contributed by atoms with E-state index < -0.39 is 23.5 Å². The van der Waals surface area contributed by atoms with Gasteiger partial charge in [0.25, 0.3) is 5.91 Å². The van der Waals surface area contributed by atoms with Crippen molar-refractivity contribution in [1.82, 2.24) is 10.4 Å². The molecule has 0 bridgehead atoms. The Hall–Kier alpha value is -1.67. The highest BCUT2D eigenvalue weighted by atomic mass is 35.5. The fourth-order valence-electron chi connectivity index (χ4n) is 3.41. The molecule has 29 heavy (non-hydrogen) atoms. The third-order valence-electron chi connectivity index (χ3n) is 5.16. The van der Waals surface area contributed by atoms with E-state index in [1.807, 2.05) is 24.3 Å². The van der Waals surface area contributed by atoms with Gasteiger partial charge in [-0.05, 0) is 23.8 Å². The number of aliphatic hydroxyl groups is 1. The number of ether oxygens (including phenoxy) is 1. The van der Waals surface area contributed by atoms with Crippen molar-refractivity contribution in [3.63, 3.8) is 0 Å². The van der Waals surface area contributed by atoms with Crippen molar-refractivity contribution in [3.05, 3.63) is 69.7 Å². The molecule has 0 aliphatic carbocycles. The monoisotopic (exact) mass is 438 g/mol. The van der Waals surface area contributed by atoms with Crippen LogP contribution in [0.15, 0.2) is 48.5 Å². The molecule has 8 heteroatoms. The van der Waals surface area contributed by atoms with Crippen LogP contribution in [-0.2, 0) is 11.3 Å². The number of benzene rings is 2. The molecule has 1 aliphatic rings. The lowest BCUT2D eigenvalue weighted by atomic mass is 9.84. The number of hydrogen-bond acceptors (Lipinski definition) is 5. The second kappa shape index (κ2) is 9.43. The first-order chi connectivity index (χ1) is 13.8. The van der Waals surface area contributed by atoms with Crippen LogP contribution >= 0.6 is 23.2 Å². The summed E-state index contributed by atoms with van der Waals surface area (Å²) in [5, 5.41) is 25.8. The average molecular weight is 439 g/mol. The van der Waals surface area contributed by atoms with Gasteiger partial charge in [-0.1, -0.05) is 60.5 Å². The summed E-state index contributed by atoms with van der Waals surface area (Å²) >= 11 is 12.2. The van der Waals surface area contributed by atoms with Crippen molar-refractivity contribution in [2.45, 2.75) is 25.7 Å². The summed E-state index contributed by atoms with van der Waals surface area (Å²) in [6, 6.07) is 14.0. The summed E-state index contributed by atoms with van der Waals surface area (Å²) in [6.45, 7) is 2.85. The summed E-state index contributed by atoms with van der Waals surface area (Å²) in [6.07, 6.45) is -1.33. The number of aliphatic hydroxyl groups excluding tert-OH is 1. The van der Waals surface area contributed by atoms with Crippen LogP contribution in [-0.4, -0.2) is 53.2 Å². The molecular formula is C21H24Cl2N2O4. The number of nitrogens with one attached hydrogen (secondary N) is 1.